The summed E-state index contributed by atoms with van der Waals surface area (Å²) >= 11 is 3.50. The Bertz CT molecular complexity index is 970. The van der Waals surface area contributed by atoms with E-state index >= 15 is 0 Å². The van der Waals surface area contributed by atoms with E-state index in [4.69, 9.17) is 0 Å². The van der Waals surface area contributed by atoms with Gasteiger partial charge in [-0.05, 0) is 78.4 Å². The molecular weight excluding hydrogens is 454 g/mol. The lowest BCUT2D eigenvalue weighted by molar-refractivity contribution is -0.126. The first-order chi connectivity index (χ1) is 14.3. The van der Waals surface area contributed by atoms with Crippen molar-refractivity contribution >= 4 is 33.4 Å². The number of anilines is 1. The number of carbonyl (C=O) groups is 2. The molecule has 1 aromatic heterocycles. The van der Waals surface area contributed by atoms with Gasteiger partial charge in [0.05, 0.1) is 0 Å². The van der Waals surface area contributed by atoms with Gasteiger partial charge in [-0.1, -0.05) is 39.5 Å². The minimum absolute atomic E-state index is 0.0282. The first kappa shape index (κ1) is 24.8. The van der Waals surface area contributed by atoms with Gasteiger partial charge in [0.25, 0.3) is 5.91 Å². The summed E-state index contributed by atoms with van der Waals surface area (Å²) in [5, 5.41) is 3.02. The Kier molecular flexibility index (Phi) is 7.48. The Hall–Kier alpha value is -2.47. The number of halogens is 1. The molecule has 166 valence electrons. The van der Waals surface area contributed by atoms with Crippen LogP contribution in [0.4, 0.5) is 5.69 Å². The second-order valence-corrected chi connectivity index (χ2v) is 10.5. The maximum atomic E-state index is 13.5. The van der Waals surface area contributed by atoms with Gasteiger partial charge in [-0.25, -0.2) is 0 Å². The van der Waals surface area contributed by atoms with E-state index in [2.05, 4.69) is 53.6 Å². The minimum Gasteiger partial charge on any atom is -0.349 e. The number of aromatic nitrogens is 1. The summed E-state index contributed by atoms with van der Waals surface area (Å²) in [4.78, 5) is 32.3. The third kappa shape index (κ3) is 6.03. The second kappa shape index (κ2) is 9.35. The number of rotatable bonds is 5. The molecule has 0 aliphatic heterocycles. The lowest BCUT2D eigenvalue weighted by atomic mass is 9.87. The fourth-order valence-corrected chi connectivity index (χ4v) is 3.60. The molecule has 0 fully saturated rings. The summed E-state index contributed by atoms with van der Waals surface area (Å²) < 4.78 is 0.771. The Labute approximate surface area is 194 Å². The molecule has 1 heterocycles. The zero-order chi connectivity index (χ0) is 23.6. The molecule has 1 N–H and O–H groups in total. The molecule has 0 saturated heterocycles. The van der Waals surface area contributed by atoms with Crippen molar-refractivity contribution in [3.8, 4) is 0 Å². The summed E-state index contributed by atoms with van der Waals surface area (Å²) in [5.41, 5.74) is 2.74. The van der Waals surface area contributed by atoms with Crippen LogP contribution in [0.2, 0.25) is 0 Å². The number of hydrogen-bond donors (Lipinski definition) is 1. The zero-order valence-corrected chi connectivity index (χ0v) is 21.0. The average Bonchev–Trinajstić information content (AvgIpc) is 2.66. The van der Waals surface area contributed by atoms with Crippen molar-refractivity contribution in [1.82, 2.24) is 10.3 Å². The molecule has 2 aromatic rings. The van der Waals surface area contributed by atoms with Gasteiger partial charge in [-0.3, -0.25) is 19.5 Å². The van der Waals surface area contributed by atoms with Crippen LogP contribution in [0.3, 0.4) is 0 Å². The number of pyridine rings is 1. The molecular formula is C25H32BrN3O2. The molecule has 2 amide bonds. The van der Waals surface area contributed by atoms with Crippen molar-refractivity contribution in [3.05, 3.63) is 70.5 Å². The van der Waals surface area contributed by atoms with Crippen LogP contribution in [0.25, 0.3) is 0 Å². The topological polar surface area (TPSA) is 62.3 Å². The zero-order valence-electron chi connectivity index (χ0n) is 19.4. The van der Waals surface area contributed by atoms with E-state index in [1.54, 1.807) is 12.4 Å². The lowest BCUT2D eigenvalue weighted by Crippen LogP contribution is -2.49. The predicted octanol–water partition coefficient (Wildman–Crippen LogP) is 5.63. The summed E-state index contributed by atoms with van der Waals surface area (Å²) in [7, 11) is 0. The second-order valence-electron chi connectivity index (χ2n) is 9.69. The van der Waals surface area contributed by atoms with Crippen LogP contribution >= 0.6 is 15.9 Å². The molecule has 2 rings (SSSR count). The highest BCUT2D eigenvalue weighted by Gasteiger charge is 2.35. The summed E-state index contributed by atoms with van der Waals surface area (Å²) in [6.07, 6.45) is 4.55. The van der Waals surface area contributed by atoms with Crippen molar-refractivity contribution in [2.45, 2.75) is 65.5 Å². The Balaban J connectivity index is 2.70. The Morgan fingerprint density at radius 2 is 1.68 bits per heavy atom. The largest absolute Gasteiger partial charge is 0.349 e. The molecule has 1 aromatic carbocycles. The van der Waals surface area contributed by atoms with Crippen molar-refractivity contribution < 1.29 is 9.59 Å². The van der Waals surface area contributed by atoms with Crippen molar-refractivity contribution in [2.24, 2.45) is 0 Å². The number of hydrogen-bond acceptors (Lipinski definition) is 3. The molecule has 6 heteroatoms. The van der Waals surface area contributed by atoms with E-state index in [1.165, 1.54) is 11.0 Å². The van der Waals surface area contributed by atoms with Crippen molar-refractivity contribution in [3.63, 3.8) is 0 Å². The van der Waals surface area contributed by atoms with Crippen LogP contribution in [0.5, 0.6) is 0 Å². The standard InChI is InChI=1S/C25H32BrN3O2/c1-9-21(30)29(18-12-10-17(11-13-18)24(3,4)5)22(23(31)28-25(6,7)8)19-14-27-15-20(26)16(19)2/h9-15,22H,1H2,2-8H3,(H,28,31). The third-order valence-corrected chi connectivity index (χ3v) is 5.72. The molecule has 5 nitrogen and oxygen atoms in total. The summed E-state index contributed by atoms with van der Waals surface area (Å²) in [5.74, 6) is -0.650. The van der Waals surface area contributed by atoms with E-state index in [0.29, 0.717) is 11.3 Å². The molecule has 0 spiro atoms. The number of carbonyl (C=O) groups excluding carboxylic acids is 2. The van der Waals surface area contributed by atoms with Crippen LogP contribution < -0.4 is 10.2 Å². The summed E-state index contributed by atoms with van der Waals surface area (Å²) in [6, 6.07) is 6.82. The monoisotopic (exact) mass is 485 g/mol. The van der Waals surface area contributed by atoms with Gasteiger partial charge in [0.1, 0.15) is 6.04 Å². The predicted molar refractivity (Wildman–Crippen MR) is 130 cm³/mol. The van der Waals surface area contributed by atoms with Gasteiger partial charge in [-0.2, -0.15) is 0 Å². The molecule has 31 heavy (non-hydrogen) atoms. The highest BCUT2D eigenvalue weighted by atomic mass is 79.9. The lowest BCUT2D eigenvalue weighted by Gasteiger charge is -2.34. The van der Waals surface area contributed by atoms with Crippen LogP contribution in [0.15, 0.2) is 53.8 Å². The number of nitrogens with zero attached hydrogens (tertiary/aromatic N) is 2. The average molecular weight is 486 g/mol. The molecule has 0 radical (unpaired) electrons. The Morgan fingerprint density at radius 3 is 2.16 bits per heavy atom. The maximum absolute atomic E-state index is 13.5. The summed E-state index contributed by atoms with van der Waals surface area (Å²) in [6.45, 7) is 17.7. The number of nitrogens with one attached hydrogen (secondary N) is 1. The van der Waals surface area contributed by atoms with Crippen LogP contribution in [0, 0.1) is 6.92 Å². The van der Waals surface area contributed by atoms with Gasteiger partial charge in [0, 0.05) is 33.7 Å². The molecule has 0 bridgehead atoms. The molecule has 1 atom stereocenters. The molecule has 0 aliphatic carbocycles. The van der Waals surface area contributed by atoms with E-state index < -0.39 is 11.6 Å². The normalized spacial score (nSPS) is 12.8. The van der Waals surface area contributed by atoms with Crippen LogP contribution in [-0.2, 0) is 15.0 Å². The van der Waals surface area contributed by atoms with E-state index in [1.807, 2.05) is 52.0 Å². The fraction of sp³-hybridized carbons (Fsp3) is 0.400. The van der Waals surface area contributed by atoms with Gasteiger partial charge in [-0.15, -0.1) is 0 Å². The third-order valence-electron chi connectivity index (χ3n) is 4.92. The Morgan fingerprint density at radius 1 is 1.10 bits per heavy atom. The van der Waals surface area contributed by atoms with Crippen LogP contribution in [0.1, 0.15) is 64.3 Å². The van der Waals surface area contributed by atoms with Crippen LogP contribution in [-0.4, -0.2) is 22.3 Å². The first-order valence-corrected chi connectivity index (χ1v) is 11.0. The highest BCUT2D eigenvalue weighted by molar-refractivity contribution is 9.10. The van der Waals surface area contributed by atoms with Gasteiger partial charge < -0.3 is 5.32 Å². The van der Waals surface area contributed by atoms with Crippen molar-refractivity contribution in [1.29, 1.82) is 0 Å². The first-order valence-electron chi connectivity index (χ1n) is 10.2. The molecule has 0 saturated carbocycles. The highest BCUT2D eigenvalue weighted by Crippen LogP contribution is 2.34. The molecule has 0 aliphatic rings. The van der Waals surface area contributed by atoms with E-state index in [-0.39, 0.29) is 17.2 Å². The smallest absolute Gasteiger partial charge is 0.251 e. The minimum atomic E-state index is -0.907. The molecule has 1 unspecified atom stereocenters. The van der Waals surface area contributed by atoms with Crippen molar-refractivity contribution in [2.75, 3.05) is 4.90 Å². The number of amides is 2. The SMILES string of the molecule is C=CC(=O)N(c1ccc(C(C)(C)C)cc1)C(C(=O)NC(C)(C)C)c1cncc(Br)c1C. The quantitative estimate of drug-likeness (QED) is 0.558. The van der Waals surface area contributed by atoms with Gasteiger partial charge in [0.2, 0.25) is 5.91 Å². The van der Waals surface area contributed by atoms with Gasteiger partial charge >= 0.3 is 0 Å². The maximum Gasteiger partial charge on any atom is 0.251 e. The van der Waals surface area contributed by atoms with E-state index in [9.17, 15) is 9.59 Å². The van der Waals surface area contributed by atoms with E-state index in [0.717, 1.165) is 15.6 Å². The fourth-order valence-electron chi connectivity index (χ4n) is 3.25. The number of benzene rings is 1. The van der Waals surface area contributed by atoms with Gasteiger partial charge in [0.15, 0.2) is 0 Å².